The van der Waals surface area contributed by atoms with E-state index in [9.17, 15) is 13.2 Å². The van der Waals surface area contributed by atoms with Gasteiger partial charge in [0.2, 0.25) is 0 Å². The quantitative estimate of drug-likeness (QED) is 0.721. The number of hydrogen-bond acceptors (Lipinski definition) is 3. The fraction of sp³-hybridized carbons (Fsp3) is 0.562. The highest BCUT2D eigenvalue weighted by Crippen LogP contribution is 2.29. The van der Waals surface area contributed by atoms with E-state index in [0.29, 0.717) is 11.5 Å². The van der Waals surface area contributed by atoms with Crippen molar-refractivity contribution in [1.29, 1.82) is 0 Å². The maximum Gasteiger partial charge on any atom is 0.434 e. The largest absolute Gasteiger partial charge is 0.434 e. The topological polar surface area (TPSA) is 41.4 Å². The molecule has 2 N–H and O–H groups in total. The van der Waals surface area contributed by atoms with Crippen LogP contribution in [0.3, 0.4) is 0 Å². The molecule has 0 aliphatic rings. The average Bonchev–Trinajstić information content (AvgIpc) is 2.93. The van der Waals surface area contributed by atoms with Crippen LogP contribution in [0.4, 0.5) is 19.0 Å². The first kappa shape index (κ1) is 17.6. The molecule has 2 aromatic rings. The van der Waals surface area contributed by atoms with Gasteiger partial charge in [-0.05, 0) is 45.0 Å². The van der Waals surface area contributed by atoms with Gasteiger partial charge in [-0.1, -0.05) is 19.4 Å². The Morgan fingerprint density at radius 3 is 2.70 bits per heavy atom. The highest BCUT2D eigenvalue weighted by atomic mass is 19.4. The second kappa shape index (κ2) is 7.68. The Kier molecular flexibility index (Phi) is 5.87. The lowest BCUT2D eigenvalue weighted by molar-refractivity contribution is -0.140. The van der Waals surface area contributed by atoms with Gasteiger partial charge in [0.15, 0.2) is 5.69 Å². The van der Waals surface area contributed by atoms with Gasteiger partial charge < -0.3 is 10.6 Å². The number of nitrogens with zero attached hydrogens (tertiary/aromatic N) is 2. The number of fused-ring (bicyclic) bond motifs is 1. The molecule has 0 aliphatic heterocycles. The van der Waals surface area contributed by atoms with Crippen LogP contribution in [0.1, 0.15) is 38.3 Å². The molecule has 0 amide bonds. The van der Waals surface area contributed by atoms with Crippen molar-refractivity contribution in [1.82, 2.24) is 14.7 Å². The molecule has 0 aromatic carbocycles. The van der Waals surface area contributed by atoms with Crippen molar-refractivity contribution in [3.63, 3.8) is 0 Å². The summed E-state index contributed by atoms with van der Waals surface area (Å²) < 4.78 is 40.0. The monoisotopic (exact) mass is 328 g/mol. The van der Waals surface area contributed by atoms with E-state index in [1.807, 2.05) is 7.05 Å². The van der Waals surface area contributed by atoms with Crippen molar-refractivity contribution in [2.75, 3.05) is 18.9 Å². The van der Waals surface area contributed by atoms with Gasteiger partial charge in [0.25, 0.3) is 0 Å². The first-order chi connectivity index (χ1) is 11.0. The summed E-state index contributed by atoms with van der Waals surface area (Å²) >= 11 is 0. The third-order valence-corrected chi connectivity index (χ3v) is 3.75. The van der Waals surface area contributed by atoms with Gasteiger partial charge in [-0.25, -0.2) is 4.98 Å². The van der Waals surface area contributed by atoms with E-state index < -0.39 is 11.9 Å². The van der Waals surface area contributed by atoms with E-state index in [1.54, 1.807) is 18.2 Å². The normalized spacial score (nSPS) is 13.4. The molecule has 0 bridgehead atoms. The molecular weight excluding hydrogens is 305 g/mol. The van der Waals surface area contributed by atoms with E-state index in [4.69, 9.17) is 0 Å². The smallest absolute Gasteiger partial charge is 0.368 e. The summed E-state index contributed by atoms with van der Waals surface area (Å²) in [4.78, 5) is 3.66. The van der Waals surface area contributed by atoms with Crippen molar-refractivity contribution < 1.29 is 13.2 Å². The summed E-state index contributed by atoms with van der Waals surface area (Å²) in [6.45, 7) is 3.03. The number of nitrogens with one attached hydrogen (secondary N) is 2. The Labute approximate surface area is 134 Å². The van der Waals surface area contributed by atoms with Crippen LogP contribution in [0.25, 0.3) is 5.65 Å². The summed E-state index contributed by atoms with van der Waals surface area (Å²) in [5.74, 6) is 0.647. The Balaban J connectivity index is 2.21. The molecule has 2 aromatic heterocycles. The Morgan fingerprint density at radius 2 is 2.04 bits per heavy atom. The number of aromatic nitrogens is 2. The fourth-order valence-corrected chi connectivity index (χ4v) is 2.64. The number of alkyl halides is 3. The zero-order valence-electron chi connectivity index (χ0n) is 13.5. The summed E-state index contributed by atoms with van der Waals surface area (Å²) in [6.07, 6.45) is 0.590. The maximum atomic E-state index is 12.8. The molecule has 0 radical (unpaired) electrons. The predicted octanol–water partition coefficient (Wildman–Crippen LogP) is 3.93. The number of hydrogen-bond donors (Lipinski definition) is 2. The van der Waals surface area contributed by atoms with Crippen molar-refractivity contribution in [2.24, 2.45) is 0 Å². The molecule has 128 valence electrons. The third-order valence-electron chi connectivity index (χ3n) is 3.75. The molecule has 0 saturated heterocycles. The number of halogens is 3. The van der Waals surface area contributed by atoms with E-state index in [2.05, 4.69) is 22.5 Å². The van der Waals surface area contributed by atoms with Crippen molar-refractivity contribution >= 4 is 11.5 Å². The van der Waals surface area contributed by atoms with Crippen LogP contribution in [-0.2, 0) is 6.18 Å². The molecule has 0 aliphatic carbocycles. The van der Waals surface area contributed by atoms with Gasteiger partial charge in [-0.15, -0.1) is 0 Å². The lowest BCUT2D eigenvalue weighted by atomic mass is 10.1. The highest BCUT2D eigenvalue weighted by Gasteiger charge is 2.34. The van der Waals surface area contributed by atoms with Gasteiger partial charge >= 0.3 is 6.18 Å². The molecular formula is C16H23F3N4. The van der Waals surface area contributed by atoms with Gasteiger partial charge in [-0.2, -0.15) is 13.2 Å². The molecule has 0 fully saturated rings. The fourth-order valence-electron chi connectivity index (χ4n) is 2.64. The minimum atomic E-state index is -4.43. The Morgan fingerprint density at radius 1 is 1.26 bits per heavy atom. The van der Waals surface area contributed by atoms with Crippen LogP contribution in [0.2, 0.25) is 0 Å². The minimum Gasteiger partial charge on any atom is -0.368 e. The van der Waals surface area contributed by atoms with E-state index in [1.165, 1.54) is 4.40 Å². The lowest BCUT2D eigenvalue weighted by Crippen LogP contribution is -2.22. The van der Waals surface area contributed by atoms with Crippen LogP contribution < -0.4 is 10.6 Å². The molecule has 7 heteroatoms. The predicted molar refractivity (Wildman–Crippen MR) is 85.7 cm³/mol. The molecule has 1 atom stereocenters. The van der Waals surface area contributed by atoms with Crippen molar-refractivity contribution in [3.05, 3.63) is 30.1 Å². The van der Waals surface area contributed by atoms with Gasteiger partial charge in [0.05, 0.1) is 0 Å². The first-order valence-electron chi connectivity index (χ1n) is 7.92. The van der Waals surface area contributed by atoms with Crippen LogP contribution in [0.15, 0.2) is 24.4 Å². The molecule has 23 heavy (non-hydrogen) atoms. The highest BCUT2D eigenvalue weighted by molar-refractivity contribution is 5.51. The van der Waals surface area contributed by atoms with E-state index in [-0.39, 0.29) is 6.04 Å². The molecule has 4 nitrogen and oxygen atoms in total. The first-order valence-corrected chi connectivity index (χ1v) is 7.92. The summed E-state index contributed by atoms with van der Waals surface area (Å²) in [5.41, 5.74) is -0.568. The molecule has 2 rings (SSSR count). The zero-order chi connectivity index (χ0) is 16.9. The minimum absolute atomic E-state index is 0.232. The molecule has 2 heterocycles. The SMILES string of the molecule is CCCC(CCCNC)Nc1cccc2nc(C(F)(F)F)cn12. The van der Waals surface area contributed by atoms with Crippen LogP contribution in [-0.4, -0.2) is 29.0 Å². The van der Waals surface area contributed by atoms with Crippen LogP contribution >= 0.6 is 0 Å². The van der Waals surface area contributed by atoms with Gasteiger partial charge in [0, 0.05) is 12.2 Å². The molecule has 0 spiro atoms. The van der Waals surface area contributed by atoms with E-state index in [0.717, 1.165) is 38.4 Å². The summed E-state index contributed by atoms with van der Waals surface area (Å²) in [6, 6.07) is 5.32. The average molecular weight is 328 g/mol. The number of rotatable bonds is 8. The van der Waals surface area contributed by atoms with Gasteiger partial charge in [0.1, 0.15) is 11.5 Å². The van der Waals surface area contributed by atoms with Crippen LogP contribution in [0, 0.1) is 0 Å². The number of pyridine rings is 1. The Hall–Kier alpha value is -1.76. The second-order valence-corrected chi connectivity index (χ2v) is 5.64. The van der Waals surface area contributed by atoms with Crippen molar-refractivity contribution in [2.45, 2.75) is 44.8 Å². The zero-order valence-corrected chi connectivity index (χ0v) is 13.5. The van der Waals surface area contributed by atoms with Crippen LogP contribution in [0.5, 0.6) is 0 Å². The number of anilines is 1. The summed E-state index contributed by atoms with van der Waals surface area (Å²) in [7, 11) is 1.91. The standard InChI is InChI=1S/C16H23F3N4/c1-3-6-12(7-5-10-20-2)21-14-8-4-9-15-22-13(11-23(14)15)16(17,18)19/h4,8-9,11-12,20-21H,3,5-7,10H2,1-2H3. The van der Waals surface area contributed by atoms with Gasteiger partial charge in [-0.3, -0.25) is 4.40 Å². The van der Waals surface area contributed by atoms with Crippen molar-refractivity contribution in [3.8, 4) is 0 Å². The Bertz CT molecular complexity index is 621. The lowest BCUT2D eigenvalue weighted by Gasteiger charge is -2.20. The second-order valence-electron chi connectivity index (χ2n) is 5.64. The molecule has 0 saturated carbocycles. The molecule has 1 unspecified atom stereocenters. The van der Waals surface area contributed by atoms with E-state index >= 15 is 0 Å². The maximum absolute atomic E-state index is 12.8. The number of imidazole rings is 1. The third kappa shape index (κ3) is 4.60. The summed E-state index contributed by atoms with van der Waals surface area (Å²) in [5, 5.41) is 6.49.